The minimum Gasteiger partial charge on any atom is -0.471 e. The minimum absolute atomic E-state index is 0.430. The molecule has 0 aliphatic rings. The van der Waals surface area contributed by atoms with Gasteiger partial charge in [-0.1, -0.05) is 74.0 Å². The van der Waals surface area contributed by atoms with Crippen molar-refractivity contribution in [3.63, 3.8) is 0 Å². The van der Waals surface area contributed by atoms with Crippen molar-refractivity contribution in [1.29, 1.82) is 0 Å². The standard InChI is InChI=1S/C24H24ClN3O/c1-16(2)12-22-24(29-15-17-8-4-3-5-9-17)28-21(23(25)27-22)13-18-14-26-20-11-7-6-10-19(18)20/h3-11,14,16,26H,12-13,15H2,1-2H3. The lowest BCUT2D eigenvalue weighted by molar-refractivity contribution is 0.286. The molecule has 0 amide bonds. The summed E-state index contributed by atoms with van der Waals surface area (Å²) in [7, 11) is 0. The van der Waals surface area contributed by atoms with E-state index in [9.17, 15) is 0 Å². The van der Waals surface area contributed by atoms with E-state index >= 15 is 0 Å². The fourth-order valence-electron chi connectivity index (χ4n) is 3.40. The molecule has 2 heterocycles. The SMILES string of the molecule is CC(C)Cc1nc(Cl)c(Cc2c[nH]c3ccccc23)nc1OCc1ccccc1. The van der Waals surface area contributed by atoms with Crippen LogP contribution in [0.1, 0.15) is 36.4 Å². The smallest absolute Gasteiger partial charge is 0.236 e. The molecule has 0 unspecified atom stereocenters. The molecule has 0 radical (unpaired) electrons. The number of rotatable bonds is 7. The van der Waals surface area contributed by atoms with Gasteiger partial charge in [0.2, 0.25) is 5.88 Å². The van der Waals surface area contributed by atoms with Crippen LogP contribution >= 0.6 is 11.6 Å². The average molecular weight is 406 g/mol. The van der Waals surface area contributed by atoms with Gasteiger partial charge in [-0.3, -0.25) is 0 Å². The zero-order chi connectivity index (χ0) is 20.2. The van der Waals surface area contributed by atoms with Crippen LogP contribution in [0.5, 0.6) is 5.88 Å². The lowest BCUT2D eigenvalue weighted by Crippen LogP contribution is -2.09. The maximum atomic E-state index is 6.53. The molecule has 2 aromatic carbocycles. The molecule has 148 valence electrons. The highest BCUT2D eigenvalue weighted by Gasteiger charge is 2.17. The lowest BCUT2D eigenvalue weighted by atomic mass is 10.1. The van der Waals surface area contributed by atoms with E-state index in [1.54, 1.807) is 0 Å². The fraction of sp³-hybridized carbons (Fsp3) is 0.250. The van der Waals surface area contributed by atoms with Gasteiger partial charge in [0.1, 0.15) is 12.3 Å². The van der Waals surface area contributed by atoms with Gasteiger partial charge in [0.25, 0.3) is 0 Å². The Labute approximate surface area is 175 Å². The first-order valence-corrected chi connectivity index (χ1v) is 10.2. The summed E-state index contributed by atoms with van der Waals surface area (Å²) in [6.45, 7) is 4.75. The second-order valence-electron chi connectivity index (χ2n) is 7.62. The van der Waals surface area contributed by atoms with Gasteiger partial charge in [0.15, 0.2) is 5.15 Å². The van der Waals surface area contributed by atoms with Gasteiger partial charge in [0.05, 0.1) is 5.69 Å². The summed E-state index contributed by atoms with van der Waals surface area (Å²) in [5.74, 6) is 1.00. The van der Waals surface area contributed by atoms with Crippen molar-refractivity contribution in [3.8, 4) is 5.88 Å². The van der Waals surface area contributed by atoms with E-state index in [0.717, 1.165) is 34.5 Å². The van der Waals surface area contributed by atoms with Crippen LogP contribution in [-0.4, -0.2) is 15.0 Å². The molecule has 4 rings (SSSR count). The Hall–Kier alpha value is -2.85. The number of para-hydroxylation sites is 1. The number of benzene rings is 2. The molecule has 2 aromatic heterocycles. The van der Waals surface area contributed by atoms with Crippen LogP contribution < -0.4 is 4.74 Å². The van der Waals surface area contributed by atoms with Gasteiger partial charge in [-0.15, -0.1) is 0 Å². The number of fused-ring (bicyclic) bond motifs is 1. The van der Waals surface area contributed by atoms with Gasteiger partial charge in [-0.2, -0.15) is 0 Å². The number of nitrogens with zero attached hydrogens (tertiary/aromatic N) is 2. The van der Waals surface area contributed by atoms with Gasteiger partial charge in [0, 0.05) is 23.5 Å². The van der Waals surface area contributed by atoms with Crippen molar-refractivity contribution in [2.24, 2.45) is 5.92 Å². The fourth-order valence-corrected chi connectivity index (χ4v) is 3.61. The van der Waals surface area contributed by atoms with E-state index in [4.69, 9.17) is 21.3 Å². The molecule has 4 aromatic rings. The molecule has 0 atom stereocenters. The molecular weight excluding hydrogens is 382 g/mol. The molecule has 0 aliphatic carbocycles. The van der Waals surface area contributed by atoms with Crippen LogP contribution in [0, 0.1) is 5.92 Å². The maximum Gasteiger partial charge on any atom is 0.236 e. The number of hydrogen-bond acceptors (Lipinski definition) is 3. The van der Waals surface area contributed by atoms with E-state index in [0.29, 0.717) is 30.0 Å². The summed E-state index contributed by atoms with van der Waals surface area (Å²) < 4.78 is 6.09. The molecule has 4 nitrogen and oxygen atoms in total. The van der Waals surface area contributed by atoms with Crippen molar-refractivity contribution in [1.82, 2.24) is 15.0 Å². The second-order valence-corrected chi connectivity index (χ2v) is 7.98. The van der Waals surface area contributed by atoms with Crippen LogP contribution in [0.15, 0.2) is 60.8 Å². The van der Waals surface area contributed by atoms with E-state index in [2.05, 4.69) is 35.9 Å². The normalized spacial score (nSPS) is 11.3. The highest BCUT2D eigenvalue weighted by molar-refractivity contribution is 6.30. The zero-order valence-electron chi connectivity index (χ0n) is 16.7. The lowest BCUT2D eigenvalue weighted by Gasteiger charge is -2.14. The molecule has 0 saturated heterocycles. The molecule has 0 spiro atoms. The van der Waals surface area contributed by atoms with E-state index in [1.807, 2.05) is 48.7 Å². The predicted octanol–water partition coefficient (Wildman–Crippen LogP) is 5.98. The number of nitrogens with one attached hydrogen (secondary N) is 1. The highest BCUT2D eigenvalue weighted by Crippen LogP contribution is 2.27. The summed E-state index contributed by atoms with van der Waals surface area (Å²) in [6.07, 6.45) is 3.37. The van der Waals surface area contributed by atoms with E-state index in [-0.39, 0.29) is 0 Å². The Bertz CT molecular complexity index is 1110. The number of aromatic nitrogens is 3. The molecular formula is C24H24ClN3O. The van der Waals surface area contributed by atoms with Crippen molar-refractivity contribution in [3.05, 3.63) is 88.5 Å². The van der Waals surface area contributed by atoms with Crippen molar-refractivity contribution in [2.75, 3.05) is 0 Å². The van der Waals surface area contributed by atoms with E-state index < -0.39 is 0 Å². The van der Waals surface area contributed by atoms with E-state index in [1.165, 1.54) is 5.39 Å². The van der Waals surface area contributed by atoms with Gasteiger partial charge >= 0.3 is 0 Å². The van der Waals surface area contributed by atoms with Gasteiger partial charge in [-0.25, -0.2) is 9.97 Å². The summed E-state index contributed by atoms with van der Waals surface area (Å²) in [5.41, 5.74) is 4.87. The molecule has 5 heteroatoms. The third-order valence-electron chi connectivity index (χ3n) is 4.81. The Balaban J connectivity index is 1.64. The van der Waals surface area contributed by atoms with Crippen LogP contribution in [0.25, 0.3) is 10.9 Å². The number of halogens is 1. The van der Waals surface area contributed by atoms with Crippen LogP contribution in [0.4, 0.5) is 0 Å². The number of H-pyrrole nitrogens is 1. The second kappa shape index (κ2) is 8.66. The van der Waals surface area contributed by atoms with Crippen molar-refractivity contribution >= 4 is 22.5 Å². The molecule has 0 fully saturated rings. The molecule has 1 N–H and O–H groups in total. The van der Waals surface area contributed by atoms with Crippen molar-refractivity contribution < 1.29 is 4.74 Å². The Morgan fingerprint density at radius 3 is 2.52 bits per heavy atom. The topological polar surface area (TPSA) is 50.8 Å². The average Bonchev–Trinajstić information content (AvgIpc) is 3.12. The van der Waals surface area contributed by atoms with Crippen molar-refractivity contribution in [2.45, 2.75) is 33.3 Å². The van der Waals surface area contributed by atoms with Gasteiger partial charge in [-0.05, 0) is 29.5 Å². The first-order chi connectivity index (χ1) is 14.1. The molecule has 0 bridgehead atoms. The monoisotopic (exact) mass is 405 g/mol. The molecule has 0 aliphatic heterocycles. The summed E-state index contributed by atoms with van der Waals surface area (Å²) >= 11 is 6.53. The van der Waals surface area contributed by atoms with Crippen LogP contribution in [0.2, 0.25) is 5.15 Å². The Kier molecular flexibility index (Phi) is 5.81. The zero-order valence-corrected chi connectivity index (χ0v) is 17.4. The molecule has 0 saturated carbocycles. The highest BCUT2D eigenvalue weighted by atomic mass is 35.5. The number of ether oxygens (including phenoxy) is 1. The Morgan fingerprint density at radius 2 is 1.72 bits per heavy atom. The summed E-state index contributed by atoms with van der Waals surface area (Å²) in [5, 5.41) is 1.61. The van der Waals surface area contributed by atoms with Crippen LogP contribution in [-0.2, 0) is 19.4 Å². The Morgan fingerprint density at radius 1 is 0.966 bits per heavy atom. The number of hydrogen-bond donors (Lipinski definition) is 1. The molecule has 29 heavy (non-hydrogen) atoms. The largest absolute Gasteiger partial charge is 0.471 e. The maximum absolute atomic E-state index is 6.53. The van der Waals surface area contributed by atoms with Crippen LogP contribution in [0.3, 0.4) is 0 Å². The third-order valence-corrected chi connectivity index (χ3v) is 5.11. The summed E-state index contributed by atoms with van der Waals surface area (Å²) in [6, 6.07) is 18.3. The quantitative estimate of drug-likeness (QED) is 0.411. The van der Waals surface area contributed by atoms with Gasteiger partial charge < -0.3 is 9.72 Å². The first kappa shape index (κ1) is 19.5. The summed E-state index contributed by atoms with van der Waals surface area (Å²) in [4.78, 5) is 12.7. The minimum atomic E-state index is 0.430. The number of aromatic amines is 1. The third kappa shape index (κ3) is 4.60. The predicted molar refractivity (Wildman–Crippen MR) is 117 cm³/mol. The first-order valence-electron chi connectivity index (χ1n) is 9.87.